The highest BCUT2D eigenvalue weighted by Gasteiger charge is 2.23. The maximum atomic E-state index is 12.2. The van der Waals surface area contributed by atoms with E-state index in [1.807, 2.05) is 6.92 Å². The molecule has 2 aromatic heterocycles. The molecule has 1 atom stereocenters. The van der Waals surface area contributed by atoms with Gasteiger partial charge in [0.15, 0.2) is 0 Å². The largest absolute Gasteiger partial charge is 0.346 e. The molecule has 7 heteroatoms. The van der Waals surface area contributed by atoms with Crippen molar-refractivity contribution in [3.8, 4) is 0 Å². The Bertz CT molecular complexity index is 630. The van der Waals surface area contributed by atoms with Crippen LogP contribution in [0.4, 0.5) is 5.95 Å². The zero-order chi connectivity index (χ0) is 15.4. The molecule has 0 aromatic carbocycles. The van der Waals surface area contributed by atoms with Gasteiger partial charge in [0.1, 0.15) is 5.69 Å². The van der Waals surface area contributed by atoms with Crippen molar-refractivity contribution in [1.29, 1.82) is 0 Å². The lowest BCUT2D eigenvalue weighted by molar-refractivity contribution is 0.0927. The van der Waals surface area contributed by atoms with Crippen LogP contribution < -0.4 is 10.2 Å². The number of aryl methyl sites for hydroxylation is 1. The van der Waals surface area contributed by atoms with Crippen LogP contribution in [0.25, 0.3) is 0 Å². The van der Waals surface area contributed by atoms with Crippen LogP contribution in [0, 0.1) is 6.92 Å². The number of hydrogen-bond acceptors (Lipinski definition) is 6. The minimum absolute atomic E-state index is 0.0631. The van der Waals surface area contributed by atoms with E-state index >= 15 is 0 Å². The topological polar surface area (TPSA) is 83.9 Å². The average molecular weight is 298 g/mol. The first-order valence-corrected chi connectivity index (χ1v) is 7.34. The van der Waals surface area contributed by atoms with Crippen LogP contribution in [-0.4, -0.2) is 45.0 Å². The summed E-state index contributed by atoms with van der Waals surface area (Å²) in [5.41, 5.74) is 1.14. The molecule has 1 N–H and O–H groups in total. The second-order valence-electron chi connectivity index (χ2n) is 5.35. The number of nitrogens with one attached hydrogen (secondary N) is 1. The van der Waals surface area contributed by atoms with Crippen molar-refractivity contribution in [2.24, 2.45) is 0 Å². The summed E-state index contributed by atoms with van der Waals surface area (Å²) in [6.07, 6.45) is 8.49. The molecule has 1 fully saturated rings. The molecule has 7 nitrogen and oxygen atoms in total. The minimum Gasteiger partial charge on any atom is -0.346 e. The molecule has 114 valence electrons. The minimum atomic E-state index is -0.187. The fourth-order valence-electron chi connectivity index (χ4n) is 2.50. The first-order valence-electron chi connectivity index (χ1n) is 7.34. The van der Waals surface area contributed by atoms with Gasteiger partial charge in [-0.3, -0.25) is 9.78 Å². The maximum Gasteiger partial charge on any atom is 0.271 e. The van der Waals surface area contributed by atoms with Gasteiger partial charge in [-0.15, -0.1) is 0 Å². The van der Waals surface area contributed by atoms with Gasteiger partial charge < -0.3 is 10.2 Å². The van der Waals surface area contributed by atoms with Crippen molar-refractivity contribution in [3.05, 3.63) is 42.2 Å². The summed E-state index contributed by atoms with van der Waals surface area (Å²) in [6, 6.07) is 1.86. The number of amides is 1. The van der Waals surface area contributed by atoms with Crippen LogP contribution in [0.5, 0.6) is 0 Å². The van der Waals surface area contributed by atoms with Crippen molar-refractivity contribution in [2.45, 2.75) is 25.8 Å². The normalized spacial score (nSPS) is 18.0. The molecule has 1 aliphatic heterocycles. The van der Waals surface area contributed by atoms with Crippen molar-refractivity contribution >= 4 is 11.9 Å². The van der Waals surface area contributed by atoms with Crippen LogP contribution in [0.2, 0.25) is 0 Å². The zero-order valence-electron chi connectivity index (χ0n) is 12.4. The lowest BCUT2D eigenvalue weighted by Crippen LogP contribution is -2.48. The summed E-state index contributed by atoms with van der Waals surface area (Å²) < 4.78 is 0. The Morgan fingerprint density at radius 3 is 2.77 bits per heavy atom. The molecule has 3 heterocycles. The van der Waals surface area contributed by atoms with Crippen LogP contribution in [-0.2, 0) is 0 Å². The number of anilines is 1. The first-order chi connectivity index (χ1) is 10.7. The van der Waals surface area contributed by atoms with Gasteiger partial charge in [0.25, 0.3) is 5.91 Å². The van der Waals surface area contributed by atoms with Crippen molar-refractivity contribution in [1.82, 2.24) is 25.3 Å². The number of nitrogens with zero attached hydrogens (tertiary/aromatic N) is 5. The number of piperidine rings is 1. The molecule has 1 unspecified atom stereocenters. The van der Waals surface area contributed by atoms with Gasteiger partial charge in [-0.25, -0.2) is 15.0 Å². The third-order valence-electron chi connectivity index (χ3n) is 3.61. The highest BCUT2D eigenvalue weighted by Crippen LogP contribution is 2.15. The van der Waals surface area contributed by atoms with Crippen molar-refractivity contribution < 1.29 is 4.79 Å². The molecule has 1 saturated heterocycles. The van der Waals surface area contributed by atoms with Gasteiger partial charge in [-0.2, -0.15) is 0 Å². The summed E-state index contributed by atoms with van der Waals surface area (Å²) in [5.74, 6) is 0.518. The first kappa shape index (κ1) is 14.4. The molecule has 1 aliphatic rings. The molecule has 3 rings (SSSR count). The Hall–Kier alpha value is -2.57. The molecule has 0 aliphatic carbocycles. The number of carbonyl (C=O) groups is 1. The predicted octanol–water partition coefficient (Wildman–Crippen LogP) is 0.974. The molecule has 22 heavy (non-hydrogen) atoms. The van der Waals surface area contributed by atoms with E-state index in [-0.39, 0.29) is 11.9 Å². The van der Waals surface area contributed by atoms with Gasteiger partial charge in [0, 0.05) is 37.7 Å². The molecule has 0 radical (unpaired) electrons. The lowest BCUT2D eigenvalue weighted by atomic mass is 10.1. The number of aromatic nitrogens is 4. The van der Waals surface area contributed by atoms with Gasteiger partial charge in [-0.05, 0) is 25.8 Å². The van der Waals surface area contributed by atoms with E-state index < -0.39 is 0 Å². The second kappa shape index (κ2) is 6.46. The summed E-state index contributed by atoms with van der Waals surface area (Å²) in [7, 11) is 0. The molecule has 1 amide bonds. The van der Waals surface area contributed by atoms with Gasteiger partial charge in [0.05, 0.1) is 11.9 Å². The summed E-state index contributed by atoms with van der Waals surface area (Å²) >= 11 is 0. The predicted molar refractivity (Wildman–Crippen MR) is 81.5 cm³/mol. The van der Waals surface area contributed by atoms with Crippen LogP contribution in [0.15, 0.2) is 30.9 Å². The third kappa shape index (κ3) is 3.36. The Morgan fingerprint density at radius 1 is 1.23 bits per heavy atom. The third-order valence-corrected chi connectivity index (χ3v) is 3.61. The highest BCUT2D eigenvalue weighted by atomic mass is 16.2. The number of rotatable bonds is 3. The second-order valence-corrected chi connectivity index (χ2v) is 5.35. The van der Waals surface area contributed by atoms with Gasteiger partial charge in [-0.1, -0.05) is 0 Å². The zero-order valence-corrected chi connectivity index (χ0v) is 12.4. The van der Waals surface area contributed by atoms with Crippen LogP contribution >= 0.6 is 0 Å². The van der Waals surface area contributed by atoms with Gasteiger partial charge in [0.2, 0.25) is 5.95 Å². The Balaban J connectivity index is 1.63. The lowest BCUT2D eigenvalue weighted by Gasteiger charge is -2.32. The molecular weight excluding hydrogens is 280 g/mol. The highest BCUT2D eigenvalue weighted by molar-refractivity contribution is 5.92. The molecule has 0 spiro atoms. The van der Waals surface area contributed by atoms with E-state index in [1.54, 1.807) is 24.7 Å². The number of hydrogen-bond donors (Lipinski definition) is 1. The van der Waals surface area contributed by atoms with E-state index in [1.165, 1.54) is 6.20 Å². The van der Waals surface area contributed by atoms with Gasteiger partial charge >= 0.3 is 0 Å². The molecule has 0 bridgehead atoms. The van der Waals surface area contributed by atoms with E-state index in [0.717, 1.165) is 25.1 Å². The molecule has 0 saturated carbocycles. The number of carbonyl (C=O) groups excluding carboxylic acids is 1. The van der Waals surface area contributed by atoms with E-state index in [4.69, 9.17) is 0 Å². The molecular formula is C15H18N6O. The Morgan fingerprint density at radius 2 is 2.05 bits per heavy atom. The molecule has 2 aromatic rings. The maximum absolute atomic E-state index is 12.2. The fourth-order valence-corrected chi connectivity index (χ4v) is 2.50. The summed E-state index contributed by atoms with van der Waals surface area (Å²) in [6.45, 7) is 3.45. The SMILES string of the molecule is Cc1cnc(C(=O)NC2CCCN(c3ncccn3)C2)cn1. The van der Waals surface area contributed by atoms with E-state index in [2.05, 4.69) is 30.2 Å². The van der Waals surface area contributed by atoms with Crippen LogP contribution in [0.3, 0.4) is 0 Å². The average Bonchev–Trinajstić information content (AvgIpc) is 2.56. The van der Waals surface area contributed by atoms with Crippen molar-refractivity contribution in [3.63, 3.8) is 0 Å². The van der Waals surface area contributed by atoms with E-state index in [9.17, 15) is 4.79 Å². The quantitative estimate of drug-likeness (QED) is 0.909. The monoisotopic (exact) mass is 298 g/mol. The van der Waals surface area contributed by atoms with Crippen molar-refractivity contribution in [2.75, 3.05) is 18.0 Å². The summed E-state index contributed by atoms with van der Waals surface area (Å²) in [4.78, 5) is 31.0. The smallest absolute Gasteiger partial charge is 0.271 e. The van der Waals surface area contributed by atoms with E-state index in [0.29, 0.717) is 18.2 Å². The Labute approximate surface area is 128 Å². The standard InChI is InChI=1S/C15H18N6O/c1-11-8-19-13(9-18-11)14(22)20-12-4-2-7-21(10-12)15-16-5-3-6-17-15/h3,5-6,8-9,12H,2,4,7,10H2,1H3,(H,20,22). The Kier molecular flexibility index (Phi) is 4.22. The van der Waals surface area contributed by atoms with Crippen LogP contribution in [0.1, 0.15) is 29.0 Å². The fraction of sp³-hybridized carbons (Fsp3) is 0.400. The summed E-state index contributed by atoms with van der Waals surface area (Å²) in [5, 5.41) is 3.02.